The topological polar surface area (TPSA) is 84.5 Å². The first-order valence-electron chi connectivity index (χ1n) is 9.54. The predicted molar refractivity (Wildman–Crippen MR) is 109 cm³/mol. The molecule has 0 heterocycles. The molecule has 2 aromatic carbocycles. The van der Waals surface area contributed by atoms with E-state index >= 15 is 0 Å². The van der Waals surface area contributed by atoms with Gasteiger partial charge in [-0.2, -0.15) is 0 Å². The summed E-state index contributed by atoms with van der Waals surface area (Å²) in [5, 5.41) is 2.70. The van der Waals surface area contributed by atoms with Crippen LogP contribution < -0.4 is 14.8 Å². The van der Waals surface area contributed by atoms with E-state index in [0.29, 0.717) is 11.4 Å². The summed E-state index contributed by atoms with van der Waals surface area (Å²) < 4.78 is 33.2. The van der Waals surface area contributed by atoms with Gasteiger partial charge in [-0.1, -0.05) is 37.0 Å². The third-order valence-electron chi connectivity index (χ3n) is 4.77. The normalized spacial score (nSPS) is 15.2. The Kier molecular flexibility index (Phi) is 6.70. The predicted octanol–water partition coefficient (Wildman–Crippen LogP) is 3.62. The van der Waals surface area contributed by atoms with Crippen LogP contribution in [-0.2, 0) is 14.8 Å². The summed E-state index contributed by atoms with van der Waals surface area (Å²) in [4.78, 5) is 12.2. The number of anilines is 1. The Morgan fingerprint density at radius 3 is 2.29 bits per heavy atom. The number of hydrogen-bond donors (Lipinski definition) is 2. The summed E-state index contributed by atoms with van der Waals surface area (Å²) >= 11 is 0. The van der Waals surface area contributed by atoms with E-state index in [1.54, 1.807) is 12.1 Å². The number of ether oxygens (including phenoxy) is 1. The van der Waals surface area contributed by atoms with Crippen molar-refractivity contribution in [3.8, 4) is 5.75 Å². The van der Waals surface area contributed by atoms with Crippen LogP contribution in [0, 0.1) is 6.92 Å². The molecule has 0 aliphatic heterocycles. The second-order valence-corrected chi connectivity index (χ2v) is 8.84. The monoisotopic (exact) mass is 402 g/mol. The quantitative estimate of drug-likeness (QED) is 0.741. The lowest BCUT2D eigenvalue weighted by Gasteiger charge is -2.22. The Hall–Kier alpha value is -2.38. The molecule has 150 valence electrons. The fourth-order valence-electron chi connectivity index (χ4n) is 3.21. The first-order valence-corrected chi connectivity index (χ1v) is 11.0. The minimum Gasteiger partial charge on any atom is -0.484 e. The summed E-state index contributed by atoms with van der Waals surface area (Å²) in [6, 6.07) is 13.6. The van der Waals surface area contributed by atoms with Gasteiger partial charge in [-0.25, -0.2) is 13.1 Å². The van der Waals surface area contributed by atoms with Crippen molar-refractivity contribution in [2.75, 3.05) is 11.9 Å². The molecule has 6 nitrogen and oxygen atoms in total. The molecule has 1 aliphatic rings. The molecule has 1 fully saturated rings. The van der Waals surface area contributed by atoms with Gasteiger partial charge in [0, 0.05) is 11.7 Å². The Balaban J connectivity index is 1.53. The highest BCUT2D eigenvalue weighted by atomic mass is 32.2. The Labute approximate surface area is 166 Å². The first kappa shape index (κ1) is 20.4. The summed E-state index contributed by atoms with van der Waals surface area (Å²) in [7, 11) is -3.54. The van der Waals surface area contributed by atoms with E-state index in [4.69, 9.17) is 4.74 Å². The molecule has 0 atom stereocenters. The van der Waals surface area contributed by atoms with Crippen LogP contribution in [-0.4, -0.2) is 27.0 Å². The summed E-state index contributed by atoms with van der Waals surface area (Å²) in [6.45, 7) is 1.86. The molecule has 1 saturated carbocycles. The van der Waals surface area contributed by atoms with Crippen molar-refractivity contribution in [1.29, 1.82) is 0 Å². The van der Waals surface area contributed by atoms with Gasteiger partial charge in [0.15, 0.2) is 6.61 Å². The zero-order valence-corrected chi connectivity index (χ0v) is 16.8. The van der Waals surface area contributed by atoms with Gasteiger partial charge in [-0.15, -0.1) is 0 Å². The number of carbonyl (C=O) groups excluding carboxylic acids is 1. The van der Waals surface area contributed by atoms with Gasteiger partial charge in [-0.05, 0) is 56.2 Å². The molecular weight excluding hydrogens is 376 g/mol. The van der Waals surface area contributed by atoms with Crippen LogP contribution in [0.3, 0.4) is 0 Å². The zero-order chi connectivity index (χ0) is 20.0. The molecule has 1 aliphatic carbocycles. The highest BCUT2D eigenvalue weighted by Gasteiger charge is 2.21. The van der Waals surface area contributed by atoms with E-state index in [-0.39, 0.29) is 23.5 Å². The van der Waals surface area contributed by atoms with E-state index in [9.17, 15) is 13.2 Å². The van der Waals surface area contributed by atoms with Crippen LogP contribution in [0.15, 0.2) is 53.4 Å². The van der Waals surface area contributed by atoms with Crippen LogP contribution in [0.1, 0.15) is 37.7 Å². The van der Waals surface area contributed by atoms with Gasteiger partial charge in [0.2, 0.25) is 10.0 Å². The van der Waals surface area contributed by atoms with Crippen molar-refractivity contribution >= 4 is 21.6 Å². The van der Waals surface area contributed by atoms with E-state index in [0.717, 1.165) is 31.2 Å². The minimum atomic E-state index is -3.54. The highest BCUT2D eigenvalue weighted by Crippen LogP contribution is 2.21. The second kappa shape index (κ2) is 9.21. The lowest BCUT2D eigenvalue weighted by Crippen LogP contribution is -2.36. The maximum absolute atomic E-state index is 12.5. The highest BCUT2D eigenvalue weighted by molar-refractivity contribution is 7.89. The molecule has 0 spiro atoms. The molecule has 0 bridgehead atoms. The third-order valence-corrected chi connectivity index (χ3v) is 6.30. The average molecular weight is 403 g/mol. The standard InChI is InChI=1S/C21H26N2O4S/c1-16-7-11-19(12-8-16)27-15-21(24)22-17-9-13-20(14-10-17)28(25,26)23-18-5-3-2-4-6-18/h7-14,18,23H,2-6,15H2,1H3,(H,22,24). The number of amides is 1. The van der Waals surface area contributed by atoms with Crippen molar-refractivity contribution < 1.29 is 17.9 Å². The largest absolute Gasteiger partial charge is 0.484 e. The lowest BCUT2D eigenvalue weighted by atomic mass is 9.96. The number of nitrogens with one attached hydrogen (secondary N) is 2. The van der Waals surface area contributed by atoms with Crippen LogP contribution in [0.25, 0.3) is 0 Å². The number of benzene rings is 2. The zero-order valence-electron chi connectivity index (χ0n) is 16.0. The van der Waals surface area contributed by atoms with Crippen molar-refractivity contribution in [3.63, 3.8) is 0 Å². The van der Waals surface area contributed by atoms with Gasteiger partial charge in [0.25, 0.3) is 5.91 Å². The Morgan fingerprint density at radius 2 is 1.64 bits per heavy atom. The summed E-state index contributed by atoms with van der Waals surface area (Å²) in [6.07, 6.45) is 5.05. The summed E-state index contributed by atoms with van der Waals surface area (Å²) in [5.41, 5.74) is 1.64. The van der Waals surface area contributed by atoms with Crippen molar-refractivity contribution in [2.45, 2.75) is 50.0 Å². The molecule has 0 radical (unpaired) electrons. The lowest BCUT2D eigenvalue weighted by molar-refractivity contribution is -0.118. The number of rotatable bonds is 7. The van der Waals surface area contributed by atoms with Crippen LogP contribution >= 0.6 is 0 Å². The Bertz CT molecular complexity index is 887. The molecule has 1 amide bonds. The molecule has 0 unspecified atom stereocenters. The molecule has 0 aromatic heterocycles. The molecule has 7 heteroatoms. The second-order valence-electron chi connectivity index (χ2n) is 7.13. The molecule has 0 saturated heterocycles. The van der Waals surface area contributed by atoms with Gasteiger partial charge in [0.05, 0.1) is 4.90 Å². The number of carbonyl (C=O) groups is 1. The number of sulfonamides is 1. The number of aryl methyl sites for hydroxylation is 1. The van der Waals surface area contributed by atoms with E-state index in [1.165, 1.54) is 18.6 Å². The number of hydrogen-bond acceptors (Lipinski definition) is 4. The van der Waals surface area contributed by atoms with Crippen molar-refractivity contribution in [1.82, 2.24) is 4.72 Å². The fraction of sp³-hybridized carbons (Fsp3) is 0.381. The Morgan fingerprint density at radius 1 is 1.00 bits per heavy atom. The first-order chi connectivity index (χ1) is 13.4. The van der Waals surface area contributed by atoms with Crippen LogP contribution in [0.4, 0.5) is 5.69 Å². The van der Waals surface area contributed by atoms with Crippen molar-refractivity contribution in [3.05, 3.63) is 54.1 Å². The SMILES string of the molecule is Cc1ccc(OCC(=O)Nc2ccc(S(=O)(=O)NC3CCCCC3)cc2)cc1. The summed E-state index contributed by atoms with van der Waals surface area (Å²) in [5.74, 6) is 0.312. The molecule has 2 N–H and O–H groups in total. The van der Waals surface area contributed by atoms with Crippen LogP contribution in [0.2, 0.25) is 0 Å². The van der Waals surface area contributed by atoms with Gasteiger partial charge in [-0.3, -0.25) is 4.79 Å². The van der Waals surface area contributed by atoms with Gasteiger partial charge >= 0.3 is 0 Å². The van der Waals surface area contributed by atoms with Crippen molar-refractivity contribution in [2.24, 2.45) is 0 Å². The van der Waals surface area contributed by atoms with Crippen LogP contribution in [0.5, 0.6) is 5.75 Å². The minimum absolute atomic E-state index is 0.0112. The maximum Gasteiger partial charge on any atom is 0.262 e. The molecule has 2 aromatic rings. The molecule has 3 rings (SSSR count). The third kappa shape index (κ3) is 5.81. The van der Waals surface area contributed by atoms with Gasteiger partial charge < -0.3 is 10.1 Å². The van der Waals surface area contributed by atoms with E-state index < -0.39 is 10.0 Å². The van der Waals surface area contributed by atoms with E-state index in [1.807, 2.05) is 31.2 Å². The molecule has 28 heavy (non-hydrogen) atoms. The molecular formula is C21H26N2O4S. The maximum atomic E-state index is 12.5. The fourth-order valence-corrected chi connectivity index (χ4v) is 4.51. The smallest absolute Gasteiger partial charge is 0.262 e. The average Bonchev–Trinajstić information content (AvgIpc) is 2.68. The van der Waals surface area contributed by atoms with Gasteiger partial charge in [0.1, 0.15) is 5.75 Å². The van der Waals surface area contributed by atoms with E-state index in [2.05, 4.69) is 10.0 Å².